The van der Waals surface area contributed by atoms with Crippen molar-refractivity contribution >= 4 is 11.7 Å². The maximum atomic E-state index is 10.4. The minimum atomic E-state index is -1.20. The molecule has 0 saturated heterocycles. The fourth-order valence-electron chi connectivity index (χ4n) is 0.909. The minimum Gasteiger partial charge on any atom is -0.481 e. The lowest BCUT2D eigenvalue weighted by molar-refractivity contribution is -0.385. The topological polar surface area (TPSA) is 80.4 Å². The van der Waals surface area contributed by atoms with E-state index in [9.17, 15) is 14.9 Å². The second kappa shape index (κ2) is 3.66. The first-order chi connectivity index (χ1) is 6.11. The molecule has 0 spiro atoms. The number of nitro groups is 1. The highest BCUT2D eigenvalue weighted by atomic mass is 16.6. The molecule has 1 aromatic rings. The predicted molar refractivity (Wildman–Crippen MR) is 44.1 cm³/mol. The summed E-state index contributed by atoms with van der Waals surface area (Å²) in [6, 6.07) is 5.67. The largest absolute Gasteiger partial charge is 0.481 e. The summed E-state index contributed by atoms with van der Waals surface area (Å²) >= 11 is 0. The van der Waals surface area contributed by atoms with E-state index in [0.717, 1.165) is 6.42 Å². The SMILES string of the molecule is O=C(O)[CH]c1ccccc1[N+](=O)[O-]. The predicted octanol–water partition coefficient (Wildman–Crippen LogP) is 1.23. The summed E-state index contributed by atoms with van der Waals surface area (Å²) in [7, 11) is 0. The van der Waals surface area contributed by atoms with Crippen molar-refractivity contribution in [3.05, 3.63) is 46.4 Å². The van der Waals surface area contributed by atoms with Crippen LogP contribution in [0.4, 0.5) is 5.69 Å². The molecule has 0 saturated carbocycles. The highest BCUT2D eigenvalue weighted by Crippen LogP contribution is 2.18. The molecule has 0 bridgehead atoms. The van der Waals surface area contributed by atoms with Crippen LogP contribution in [-0.2, 0) is 4.79 Å². The molecule has 67 valence electrons. The number of hydrogen-bond acceptors (Lipinski definition) is 3. The van der Waals surface area contributed by atoms with Crippen LogP contribution >= 0.6 is 0 Å². The summed E-state index contributed by atoms with van der Waals surface area (Å²) in [6.07, 6.45) is 0.804. The molecule has 0 amide bonds. The molecule has 0 unspecified atom stereocenters. The van der Waals surface area contributed by atoms with Crippen molar-refractivity contribution in [1.82, 2.24) is 0 Å². The van der Waals surface area contributed by atoms with E-state index in [0.29, 0.717) is 0 Å². The van der Waals surface area contributed by atoms with Crippen molar-refractivity contribution in [2.24, 2.45) is 0 Å². The van der Waals surface area contributed by atoms with E-state index in [1.165, 1.54) is 18.2 Å². The molecular formula is C8H6NO4. The second-order valence-corrected chi connectivity index (χ2v) is 2.30. The van der Waals surface area contributed by atoms with Crippen molar-refractivity contribution in [3.8, 4) is 0 Å². The van der Waals surface area contributed by atoms with Gasteiger partial charge < -0.3 is 5.11 Å². The Morgan fingerprint density at radius 2 is 2.08 bits per heavy atom. The number of hydrogen-bond donors (Lipinski definition) is 1. The Morgan fingerprint density at radius 3 is 2.62 bits per heavy atom. The molecule has 5 heteroatoms. The van der Waals surface area contributed by atoms with Crippen LogP contribution in [0.5, 0.6) is 0 Å². The van der Waals surface area contributed by atoms with Crippen molar-refractivity contribution in [1.29, 1.82) is 0 Å². The van der Waals surface area contributed by atoms with Gasteiger partial charge in [-0.05, 0) is 0 Å². The van der Waals surface area contributed by atoms with Crippen LogP contribution in [0.1, 0.15) is 5.56 Å². The first-order valence-corrected chi connectivity index (χ1v) is 3.42. The monoisotopic (exact) mass is 180 g/mol. The number of benzene rings is 1. The molecule has 13 heavy (non-hydrogen) atoms. The van der Waals surface area contributed by atoms with E-state index >= 15 is 0 Å². The minimum absolute atomic E-state index is 0.0972. The van der Waals surface area contributed by atoms with Crippen LogP contribution < -0.4 is 0 Å². The third kappa shape index (κ3) is 2.26. The van der Waals surface area contributed by atoms with Gasteiger partial charge in [0.15, 0.2) is 0 Å². The van der Waals surface area contributed by atoms with Gasteiger partial charge in [-0.2, -0.15) is 0 Å². The Morgan fingerprint density at radius 1 is 1.46 bits per heavy atom. The summed E-state index contributed by atoms with van der Waals surface area (Å²) in [4.78, 5) is 20.0. The summed E-state index contributed by atoms with van der Waals surface area (Å²) in [5.74, 6) is -1.20. The van der Waals surface area contributed by atoms with Gasteiger partial charge in [-0.1, -0.05) is 18.2 Å². The van der Waals surface area contributed by atoms with E-state index in [-0.39, 0.29) is 11.3 Å². The third-order valence-corrected chi connectivity index (χ3v) is 1.41. The molecule has 1 radical (unpaired) electrons. The third-order valence-electron chi connectivity index (χ3n) is 1.41. The van der Waals surface area contributed by atoms with Crippen molar-refractivity contribution in [2.75, 3.05) is 0 Å². The lowest BCUT2D eigenvalue weighted by Crippen LogP contribution is -2.00. The molecule has 5 nitrogen and oxygen atoms in total. The number of aliphatic carboxylic acids is 1. The van der Waals surface area contributed by atoms with Gasteiger partial charge in [-0.3, -0.25) is 14.9 Å². The van der Waals surface area contributed by atoms with E-state index < -0.39 is 10.9 Å². The quantitative estimate of drug-likeness (QED) is 0.560. The van der Waals surface area contributed by atoms with Crippen molar-refractivity contribution in [2.45, 2.75) is 0 Å². The number of nitro benzene ring substituents is 1. The standard InChI is InChI=1S/C8H6NO4/c10-8(11)5-6-3-1-2-4-7(6)9(12)13/h1-5H,(H,10,11). The van der Waals surface area contributed by atoms with E-state index in [2.05, 4.69) is 0 Å². The number of rotatable bonds is 3. The smallest absolute Gasteiger partial charge is 0.312 e. The van der Waals surface area contributed by atoms with Gasteiger partial charge in [0.2, 0.25) is 0 Å². The van der Waals surface area contributed by atoms with Crippen LogP contribution in [-0.4, -0.2) is 16.0 Å². The molecule has 0 aliphatic heterocycles. The maximum absolute atomic E-state index is 10.4. The van der Waals surface area contributed by atoms with Gasteiger partial charge in [-0.25, -0.2) is 0 Å². The Bertz CT molecular complexity index is 348. The molecule has 0 aromatic heterocycles. The molecule has 0 aliphatic carbocycles. The molecule has 1 rings (SSSR count). The van der Waals surface area contributed by atoms with Crippen molar-refractivity contribution < 1.29 is 14.8 Å². The van der Waals surface area contributed by atoms with Crippen LogP contribution in [0.2, 0.25) is 0 Å². The normalized spacial score (nSPS) is 9.54. The second-order valence-electron chi connectivity index (χ2n) is 2.30. The molecule has 0 atom stereocenters. The highest BCUT2D eigenvalue weighted by Gasteiger charge is 2.14. The zero-order valence-corrected chi connectivity index (χ0v) is 6.51. The van der Waals surface area contributed by atoms with Gasteiger partial charge in [0.05, 0.1) is 4.92 Å². The number of nitrogens with zero attached hydrogens (tertiary/aromatic N) is 1. The fraction of sp³-hybridized carbons (Fsp3) is 0. The molecule has 1 aromatic carbocycles. The first kappa shape index (κ1) is 9.18. The maximum Gasteiger partial charge on any atom is 0.312 e. The average Bonchev–Trinajstić information content (AvgIpc) is 2.03. The van der Waals surface area contributed by atoms with Gasteiger partial charge in [0.25, 0.3) is 5.69 Å². The summed E-state index contributed by atoms with van der Waals surface area (Å²) < 4.78 is 0. The fourth-order valence-corrected chi connectivity index (χ4v) is 0.909. The van der Waals surface area contributed by atoms with Crippen LogP contribution in [0.3, 0.4) is 0 Å². The lowest BCUT2D eigenvalue weighted by Gasteiger charge is -1.97. The number of carboxylic acids is 1. The average molecular weight is 180 g/mol. The molecule has 1 N–H and O–H groups in total. The zero-order chi connectivity index (χ0) is 9.84. The van der Waals surface area contributed by atoms with Crippen LogP contribution in [0.15, 0.2) is 24.3 Å². The van der Waals surface area contributed by atoms with Gasteiger partial charge in [-0.15, -0.1) is 0 Å². The van der Waals surface area contributed by atoms with Gasteiger partial charge in [0.1, 0.15) is 6.42 Å². The number of carboxylic acid groups (broad SMARTS) is 1. The number of carbonyl (C=O) groups is 1. The molecule has 0 aliphatic rings. The van der Waals surface area contributed by atoms with Gasteiger partial charge in [0, 0.05) is 11.6 Å². The Hall–Kier alpha value is -1.91. The van der Waals surface area contributed by atoms with Crippen LogP contribution in [0, 0.1) is 16.5 Å². The van der Waals surface area contributed by atoms with E-state index in [4.69, 9.17) is 5.11 Å². The van der Waals surface area contributed by atoms with Crippen molar-refractivity contribution in [3.63, 3.8) is 0 Å². The number of para-hydroxylation sites is 1. The molecule has 0 fully saturated rings. The molecular weight excluding hydrogens is 174 g/mol. The summed E-state index contributed by atoms with van der Waals surface area (Å²) in [5, 5.41) is 18.8. The summed E-state index contributed by atoms with van der Waals surface area (Å²) in [5.41, 5.74) is -0.107. The van der Waals surface area contributed by atoms with Gasteiger partial charge >= 0.3 is 5.97 Å². The first-order valence-electron chi connectivity index (χ1n) is 3.42. The van der Waals surface area contributed by atoms with E-state index in [1.807, 2.05) is 0 Å². The summed E-state index contributed by atoms with van der Waals surface area (Å²) in [6.45, 7) is 0. The molecule has 0 heterocycles. The van der Waals surface area contributed by atoms with E-state index in [1.54, 1.807) is 6.07 Å². The lowest BCUT2D eigenvalue weighted by atomic mass is 10.1. The Kier molecular flexibility index (Phi) is 2.59. The highest BCUT2D eigenvalue weighted by molar-refractivity contribution is 5.82. The zero-order valence-electron chi connectivity index (χ0n) is 6.51. The van der Waals surface area contributed by atoms with Crippen LogP contribution in [0.25, 0.3) is 0 Å². The Labute approximate surface area is 73.8 Å². The Balaban J connectivity index is 3.04.